The third kappa shape index (κ3) is 2.36. The highest BCUT2D eigenvalue weighted by Crippen LogP contribution is 2.33. The van der Waals surface area contributed by atoms with Gasteiger partial charge in [0.25, 0.3) is 0 Å². The number of imide groups is 1. The molecule has 1 aromatic rings. The van der Waals surface area contributed by atoms with Gasteiger partial charge in [-0.25, -0.2) is 9.69 Å². The van der Waals surface area contributed by atoms with Gasteiger partial charge in [0.15, 0.2) is 0 Å². The van der Waals surface area contributed by atoms with E-state index in [9.17, 15) is 22.8 Å². The number of alkyl halides is 3. The number of amides is 3. The van der Waals surface area contributed by atoms with Gasteiger partial charge in [-0.1, -0.05) is 0 Å². The van der Waals surface area contributed by atoms with Crippen LogP contribution in [0, 0.1) is 0 Å². The van der Waals surface area contributed by atoms with Crippen molar-refractivity contribution in [1.29, 1.82) is 0 Å². The van der Waals surface area contributed by atoms with E-state index in [0.717, 1.165) is 42.0 Å². The fourth-order valence-electron chi connectivity index (χ4n) is 2.88. The number of hydrogen-bond acceptors (Lipinski definition) is 2. The second-order valence-electron chi connectivity index (χ2n) is 5.25. The molecule has 2 aliphatic rings. The second-order valence-corrected chi connectivity index (χ2v) is 5.25. The molecule has 21 heavy (non-hydrogen) atoms. The van der Waals surface area contributed by atoms with Gasteiger partial charge in [-0.15, -0.1) is 0 Å². The maximum absolute atomic E-state index is 12.5. The zero-order valence-corrected chi connectivity index (χ0v) is 11.1. The zero-order chi connectivity index (χ0) is 15.2. The van der Waals surface area contributed by atoms with Crippen molar-refractivity contribution in [2.24, 2.45) is 0 Å². The van der Waals surface area contributed by atoms with E-state index in [-0.39, 0.29) is 24.1 Å². The van der Waals surface area contributed by atoms with E-state index in [1.54, 1.807) is 4.90 Å². The molecular formula is C14H13F3N2O2. The standard InChI is InChI=1S/C14H13F3N2O2/c15-14(16,17)9-3-5-10(6-4-9)19-12(20)8-11-2-1-7-18(11)13(19)21/h3-6,11H,1-2,7-8H2. The molecular weight excluding hydrogens is 285 g/mol. The smallest absolute Gasteiger partial charge is 0.320 e. The summed E-state index contributed by atoms with van der Waals surface area (Å²) in [7, 11) is 0. The minimum absolute atomic E-state index is 0.0595. The first kappa shape index (κ1) is 13.9. The van der Waals surface area contributed by atoms with Gasteiger partial charge in [0, 0.05) is 19.0 Å². The van der Waals surface area contributed by atoms with E-state index in [1.165, 1.54) is 0 Å². The van der Waals surface area contributed by atoms with E-state index in [1.807, 2.05) is 0 Å². The van der Waals surface area contributed by atoms with Crippen LogP contribution in [-0.2, 0) is 11.0 Å². The Labute approximate surface area is 119 Å². The predicted molar refractivity (Wildman–Crippen MR) is 68.7 cm³/mol. The van der Waals surface area contributed by atoms with E-state index in [2.05, 4.69) is 0 Å². The Hall–Kier alpha value is -2.05. The summed E-state index contributed by atoms with van der Waals surface area (Å²) < 4.78 is 37.6. The quantitative estimate of drug-likeness (QED) is 0.799. The van der Waals surface area contributed by atoms with Crippen molar-refractivity contribution >= 4 is 17.6 Å². The summed E-state index contributed by atoms with van der Waals surface area (Å²) in [6.45, 7) is 0.591. The molecule has 0 radical (unpaired) electrons. The third-order valence-corrected chi connectivity index (χ3v) is 3.93. The Bertz CT molecular complexity index is 583. The Balaban J connectivity index is 1.89. The molecule has 3 rings (SSSR count). The van der Waals surface area contributed by atoms with Crippen LogP contribution in [0.1, 0.15) is 24.8 Å². The van der Waals surface area contributed by atoms with Crippen LogP contribution in [0.15, 0.2) is 24.3 Å². The molecule has 1 unspecified atom stereocenters. The lowest BCUT2D eigenvalue weighted by Crippen LogP contribution is -2.54. The molecule has 7 heteroatoms. The fourth-order valence-corrected chi connectivity index (χ4v) is 2.88. The van der Waals surface area contributed by atoms with Gasteiger partial charge in [0.2, 0.25) is 5.91 Å². The average molecular weight is 298 g/mol. The summed E-state index contributed by atoms with van der Waals surface area (Å²) in [5.41, 5.74) is -0.620. The van der Waals surface area contributed by atoms with Crippen LogP contribution in [0.5, 0.6) is 0 Å². The van der Waals surface area contributed by atoms with Crippen LogP contribution >= 0.6 is 0 Å². The molecule has 0 aromatic heterocycles. The highest BCUT2D eigenvalue weighted by molar-refractivity contribution is 6.16. The number of urea groups is 1. The number of benzene rings is 1. The fraction of sp³-hybridized carbons (Fsp3) is 0.429. The number of anilines is 1. The maximum atomic E-state index is 12.5. The zero-order valence-electron chi connectivity index (χ0n) is 11.1. The Morgan fingerprint density at radius 1 is 1.10 bits per heavy atom. The molecule has 2 fully saturated rings. The summed E-state index contributed by atoms with van der Waals surface area (Å²) in [6.07, 6.45) is -2.55. The number of halogens is 3. The van der Waals surface area contributed by atoms with Gasteiger partial charge in [0.1, 0.15) is 0 Å². The lowest BCUT2D eigenvalue weighted by atomic mass is 10.1. The highest BCUT2D eigenvalue weighted by Gasteiger charge is 2.42. The molecule has 0 bridgehead atoms. The Morgan fingerprint density at radius 3 is 2.38 bits per heavy atom. The van der Waals surface area contributed by atoms with Crippen LogP contribution in [0.2, 0.25) is 0 Å². The summed E-state index contributed by atoms with van der Waals surface area (Å²) in [6, 6.07) is 3.59. The molecule has 2 saturated heterocycles. The van der Waals surface area contributed by atoms with E-state index < -0.39 is 17.8 Å². The average Bonchev–Trinajstić information content (AvgIpc) is 2.86. The molecule has 4 nitrogen and oxygen atoms in total. The number of fused-ring (bicyclic) bond motifs is 1. The third-order valence-electron chi connectivity index (χ3n) is 3.93. The van der Waals surface area contributed by atoms with Crippen molar-refractivity contribution in [3.63, 3.8) is 0 Å². The second kappa shape index (κ2) is 4.75. The minimum Gasteiger partial charge on any atom is -0.320 e. The number of hydrogen-bond donors (Lipinski definition) is 0. The van der Waals surface area contributed by atoms with Crippen LogP contribution in [-0.4, -0.2) is 29.4 Å². The van der Waals surface area contributed by atoms with Gasteiger partial charge in [-0.2, -0.15) is 13.2 Å². The van der Waals surface area contributed by atoms with Gasteiger partial charge in [-0.3, -0.25) is 4.79 Å². The lowest BCUT2D eigenvalue weighted by molar-refractivity contribution is -0.137. The maximum Gasteiger partial charge on any atom is 0.416 e. The van der Waals surface area contributed by atoms with E-state index >= 15 is 0 Å². The lowest BCUT2D eigenvalue weighted by Gasteiger charge is -2.36. The number of carbonyl (C=O) groups excluding carboxylic acids is 2. The highest BCUT2D eigenvalue weighted by atomic mass is 19.4. The van der Waals surface area contributed by atoms with Crippen molar-refractivity contribution in [2.75, 3.05) is 11.4 Å². The van der Waals surface area contributed by atoms with Crippen LogP contribution < -0.4 is 4.90 Å². The molecule has 0 spiro atoms. The molecule has 1 aromatic carbocycles. The molecule has 1 atom stereocenters. The summed E-state index contributed by atoms with van der Waals surface area (Å²) in [5.74, 6) is -0.358. The number of nitrogens with zero attached hydrogens (tertiary/aromatic N) is 2. The van der Waals surface area contributed by atoms with Crippen LogP contribution in [0.4, 0.5) is 23.7 Å². The summed E-state index contributed by atoms with van der Waals surface area (Å²) in [4.78, 5) is 27.0. The molecule has 2 aliphatic heterocycles. The molecule has 0 saturated carbocycles. The van der Waals surface area contributed by atoms with Crippen molar-refractivity contribution in [1.82, 2.24) is 4.90 Å². The van der Waals surface area contributed by atoms with Gasteiger partial charge in [0.05, 0.1) is 11.3 Å². The van der Waals surface area contributed by atoms with Crippen LogP contribution in [0.3, 0.4) is 0 Å². The van der Waals surface area contributed by atoms with E-state index in [4.69, 9.17) is 0 Å². The molecule has 3 amide bonds. The van der Waals surface area contributed by atoms with Gasteiger partial charge in [-0.05, 0) is 37.1 Å². The van der Waals surface area contributed by atoms with Crippen LogP contribution in [0.25, 0.3) is 0 Å². The molecule has 0 N–H and O–H groups in total. The van der Waals surface area contributed by atoms with Gasteiger partial charge < -0.3 is 4.90 Å². The first-order chi connectivity index (χ1) is 9.88. The topological polar surface area (TPSA) is 40.6 Å². The first-order valence-corrected chi connectivity index (χ1v) is 6.69. The SMILES string of the molecule is O=C1CC2CCCN2C(=O)N1c1ccc(C(F)(F)F)cc1. The predicted octanol–water partition coefficient (Wildman–Crippen LogP) is 3.03. The molecule has 0 aliphatic carbocycles. The van der Waals surface area contributed by atoms with Crippen molar-refractivity contribution in [3.8, 4) is 0 Å². The summed E-state index contributed by atoms with van der Waals surface area (Å²) in [5, 5.41) is 0. The van der Waals surface area contributed by atoms with Gasteiger partial charge >= 0.3 is 12.2 Å². The molecule has 112 valence electrons. The normalized spacial score (nSPS) is 22.7. The van der Waals surface area contributed by atoms with E-state index in [0.29, 0.717) is 6.54 Å². The van der Waals surface area contributed by atoms with Crippen molar-refractivity contribution in [3.05, 3.63) is 29.8 Å². The molecule has 2 heterocycles. The first-order valence-electron chi connectivity index (χ1n) is 6.69. The summed E-state index contributed by atoms with van der Waals surface area (Å²) >= 11 is 0. The Morgan fingerprint density at radius 2 is 1.76 bits per heavy atom. The minimum atomic E-state index is -4.44. The van der Waals surface area contributed by atoms with Crippen molar-refractivity contribution < 1.29 is 22.8 Å². The van der Waals surface area contributed by atoms with Crippen molar-refractivity contribution in [2.45, 2.75) is 31.5 Å². The largest absolute Gasteiger partial charge is 0.416 e. The number of rotatable bonds is 1. The number of carbonyl (C=O) groups is 2. The Kier molecular flexibility index (Phi) is 3.15. The monoisotopic (exact) mass is 298 g/mol.